The lowest BCUT2D eigenvalue weighted by Gasteiger charge is -2.07. The van der Waals surface area contributed by atoms with E-state index in [2.05, 4.69) is 30.6 Å². The summed E-state index contributed by atoms with van der Waals surface area (Å²) >= 11 is 0. The van der Waals surface area contributed by atoms with Crippen LogP contribution in [0.5, 0.6) is 0 Å². The van der Waals surface area contributed by atoms with E-state index in [1.54, 1.807) is 0 Å². The monoisotopic (exact) mass is 165 g/mol. The highest BCUT2D eigenvalue weighted by Crippen LogP contribution is 2.11. The minimum atomic E-state index is 0.998. The molecule has 1 nitrogen and oxygen atoms in total. The van der Waals surface area contributed by atoms with Gasteiger partial charge in [0.25, 0.3) is 0 Å². The average molecular weight is 165 g/mol. The Hall–Kier alpha value is -0.720. The van der Waals surface area contributed by atoms with Gasteiger partial charge in [-0.2, -0.15) is 0 Å². The lowest BCUT2D eigenvalue weighted by molar-refractivity contribution is 0.665. The first kappa shape index (κ1) is 9.37. The van der Waals surface area contributed by atoms with Crippen LogP contribution in [0.15, 0.2) is 23.9 Å². The van der Waals surface area contributed by atoms with Gasteiger partial charge in [-0.3, -0.25) is 0 Å². The van der Waals surface area contributed by atoms with E-state index < -0.39 is 0 Å². The average Bonchev–Trinajstić information content (AvgIpc) is 2.14. The number of allylic oxidation sites excluding steroid dienone is 2. The molecule has 0 aromatic heterocycles. The quantitative estimate of drug-likeness (QED) is 0.617. The Morgan fingerprint density at radius 3 is 2.92 bits per heavy atom. The van der Waals surface area contributed by atoms with Gasteiger partial charge in [-0.05, 0) is 24.6 Å². The van der Waals surface area contributed by atoms with Gasteiger partial charge in [-0.1, -0.05) is 38.3 Å². The maximum atomic E-state index is 3.23. The smallest absolute Gasteiger partial charge is 0.0328 e. The summed E-state index contributed by atoms with van der Waals surface area (Å²) in [7, 11) is 0. The largest absolute Gasteiger partial charge is 0.387 e. The molecule has 0 bridgehead atoms. The number of rotatable bonds is 5. The molecule has 1 aliphatic rings. The van der Waals surface area contributed by atoms with Crippen LogP contribution in [0.4, 0.5) is 0 Å². The standard InChI is InChI=1S/C11H19N/c1-2-3-4-5-7-11-8-6-9-12-10-11/h6,8,10,12H,2-5,7,9H2,1H3. The van der Waals surface area contributed by atoms with E-state index in [4.69, 9.17) is 0 Å². The van der Waals surface area contributed by atoms with E-state index in [1.165, 1.54) is 37.7 Å². The van der Waals surface area contributed by atoms with Crippen molar-refractivity contribution in [1.82, 2.24) is 5.32 Å². The van der Waals surface area contributed by atoms with Gasteiger partial charge in [-0.15, -0.1) is 0 Å². The Balaban J connectivity index is 2.06. The maximum absolute atomic E-state index is 3.23. The van der Waals surface area contributed by atoms with Gasteiger partial charge in [0.05, 0.1) is 0 Å². The second kappa shape index (κ2) is 5.87. The fourth-order valence-corrected chi connectivity index (χ4v) is 1.43. The highest BCUT2D eigenvalue weighted by atomic mass is 14.8. The highest BCUT2D eigenvalue weighted by molar-refractivity contribution is 5.21. The molecular weight excluding hydrogens is 146 g/mol. The van der Waals surface area contributed by atoms with Gasteiger partial charge in [0, 0.05) is 6.54 Å². The van der Waals surface area contributed by atoms with Crippen molar-refractivity contribution in [2.24, 2.45) is 0 Å². The fourth-order valence-electron chi connectivity index (χ4n) is 1.43. The second-order valence-corrected chi connectivity index (χ2v) is 3.34. The van der Waals surface area contributed by atoms with Crippen molar-refractivity contribution in [3.8, 4) is 0 Å². The van der Waals surface area contributed by atoms with Gasteiger partial charge in [0.2, 0.25) is 0 Å². The Bertz CT molecular complexity index is 168. The van der Waals surface area contributed by atoms with E-state index in [9.17, 15) is 0 Å². The van der Waals surface area contributed by atoms with Crippen molar-refractivity contribution >= 4 is 0 Å². The molecule has 1 heterocycles. The molecule has 68 valence electrons. The number of unbranched alkanes of at least 4 members (excludes halogenated alkanes) is 3. The lowest BCUT2D eigenvalue weighted by Crippen LogP contribution is -2.08. The Morgan fingerprint density at radius 1 is 1.33 bits per heavy atom. The topological polar surface area (TPSA) is 12.0 Å². The van der Waals surface area contributed by atoms with E-state index in [0.29, 0.717) is 0 Å². The molecule has 0 spiro atoms. The van der Waals surface area contributed by atoms with Gasteiger partial charge in [-0.25, -0.2) is 0 Å². The predicted molar refractivity (Wildman–Crippen MR) is 54.0 cm³/mol. The zero-order valence-corrected chi connectivity index (χ0v) is 7.97. The first-order valence-corrected chi connectivity index (χ1v) is 5.02. The molecule has 1 heteroatoms. The van der Waals surface area contributed by atoms with Crippen LogP contribution in [0.25, 0.3) is 0 Å². The van der Waals surface area contributed by atoms with E-state index >= 15 is 0 Å². The van der Waals surface area contributed by atoms with Crippen molar-refractivity contribution < 1.29 is 0 Å². The molecule has 0 unspecified atom stereocenters. The lowest BCUT2D eigenvalue weighted by atomic mass is 10.1. The van der Waals surface area contributed by atoms with Gasteiger partial charge >= 0.3 is 0 Å². The van der Waals surface area contributed by atoms with E-state index in [1.807, 2.05) is 0 Å². The molecule has 0 fully saturated rings. The molecule has 0 amide bonds. The molecule has 0 aromatic rings. The van der Waals surface area contributed by atoms with Crippen LogP contribution in [0.1, 0.15) is 39.0 Å². The van der Waals surface area contributed by atoms with Crippen molar-refractivity contribution in [3.63, 3.8) is 0 Å². The first-order valence-electron chi connectivity index (χ1n) is 5.02. The number of dihydropyridines is 1. The van der Waals surface area contributed by atoms with Crippen molar-refractivity contribution in [3.05, 3.63) is 23.9 Å². The number of hydrogen-bond acceptors (Lipinski definition) is 1. The van der Waals surface area contributed by atoms with Crippen LogP contribution in [0.2, 0.25) is 0 Å². The summed E-state index contributed by atoms with van der Waals surface area (Å²) in [5.41, 5.74) is 1.46. The fraction of sp³-hybridized carbons (Fsp3) is 0.636. The summed E-state index contributed by atoms with van der Waals surface area (Å²) in [5.74, 6) is 0. The van der Waals surface area contributed by atoms with Crippen LogP contribution in [0.3, 0.4) is 0 Å². The Morgan fingerprint density at radius 2 is 2.25 bits per heavy atom. The van der Waals surface area contributed by atoms with Crippen molar-refractivity contribution in [2.45, 2.75) is 39.0 Å². The summed E-state index contributed by atoms with van der Waals surface area (Å²) in [6.07, 6.45) is 13.2. The molecule has 0 saturated heterocycles. The molecule has 0 atom stereocenters. The number of hydrogen-bond donors (Lipinski definition) is 1. The zero-order chi connectivity index (χ0) is 8.65. The van der Waals surface area contributed by atoms with Crippen LogP contribution < -0.4 is 5.32 Å². The molecule has 1 rings (SSSR count). The Kier molecular flexibility index (Phi) is 4.58. The third kappa shape index (κ3) is 3.61. The predicted octanol–water partition coefficient (Wildman–Crippen LogP) is 3.00. The van der Waals surface area contributed by atoms with Crippen molar-refractivity contribution in [1.29, 1.82) is 0 Å². The summed E-state index contributed by atoms with van der Waals surface area (Å²) in [5, 5.41) is 3.23. The van der Waals surface area contributed by atoms with Crippen LogP contribution in [0, 0.1) is 0 Å². The maximum Gasteiger partial charge on any atom is 0.0328 e. The van der Waals surface area contributed by atoms with Crippen LogP contribution in [-0.2, 0) is 0 Å². The summed E-state index contributed by atoms with van der Waals surface area (Å²) in [6.45, 7) is 3.25. The molecule has 0 aliphatic carbocycles. The van der Waals surface area contributed by atoms with E-state index in [-0.39, 0.29) is 0 Å². The zero-order valence-electron chi connectivity index (χ0n) is 7.97. The first-order chi connectivity index (χ1) is 5.93. The molecular formula is C11H19N. The molecule has 0 radical (unpaired) electrons. The summed E-state index contributed by atoms with van der Waals surface area (Å²) in [6, 6.07) is 0. The molecule has 0 saturated carbocycles. The molecule has 12 heavy (non-hydrogen) atoms. The third-order valence-electron chi connectivity index (χ3n) is 2.17. The summed E-state index contributed by atoms with van der Waals surface area (Å²) < 4.78 is 0. The normalized spacial score (nSPS) is 15.6. The Labute approximate surface area is 75.6 Å². The molecule has 1 N–H and O–H groups in total. The van der Waals surface area contributed by atoms with Gasteiger partial charge < -0.3 is 5.32 Å². The summed E-state index contributed by atoms with van der Waals surface area (Å²) in [4.78, 5) is 0. The van der Waals surface area contributed by atoms with Gasteiger partial charge in [0.1, 0.15) is 0 Å². The van der Waals surface area contributed by atoms with Crippen molar-refractivity contribution in [2.75, 3.05) is 6.54 Å². The van der Waals surface area contributed by atoms with Crippen LogP contribution in [-0.4, -0.2) is 6.54 Å². The second-order valence-electron chi connectivity index (χ2n) is 3.34. The van der Waals surface area contributed by atoms with Gasteiger partial charge in [0.15, 0.2) is 0 Å². The minimum Gasteiger partial charge on any atom is -0.387 e. The minimum absolute atomic E-state index is 0.998. The third-order valence-corrected chi connectivity index (χ3v) is 2.17. The SMILES string of the molecule is CCCCCCC1=CNCC=C1. The molecule has 1 aliphatic heterocycles. The highest BCUT2D eigenvalue weighted by Gasteiger charge is 1.95. The molecule has 0 aromatic carbocycles. The van der Waals surface area contributed by atoms with Crippen LogP contribution >= 0.6 is 0 Å². The van der Waals surface area contributed by atoms with E-state index in [0.717, 1.165) is 6.54 Å². The number of nitrogens with one attached hydrogen (secondary N) is 1.